The molecule has 1 heterocycles. The molecule has 0 unspecified atom stereocenters. The molecule has 1 aromatic carbocycles. The summed E-state index contributed by atoms with van der Waals surface area (Å²) in [5, 5.41) is 5.52. The quantitative estimate of drug-likeness (QED) is 0.785. The van der Waals surface area contributed by atoms with E-state index in [1.165, 1.54) is 11.8 Å². The van der Waals surface area contributed by atoms with Gasteiger partial charge in [-0.1, -0.05) is 33.8 Å². The summed E-state index contributed by atoms with van der Waals surface area (Å²) < 4.78 is 0.939. The van der Waals surface area contributed by atoms with Crippen LogP contribution >= 0.6 is 27.7 Å². The lowest BCUT2D eigenvalue weighted by atomic mass is 10.2. The minimum Gasteiger partial charge on any atom is -0.326 e. The Morgan fingerprint density at radius 1 is 1.48 bits per heavy atom. The number of carbonyl (C=O) groups excluding carboxylic acids is 2. The smallest absolute Gasteiger partial charge is 0.240 e. The van der Waals surface area contributed by atoms with Gasteiger partial charge in [0.2, 0.25) is 11.8 Å². The third-order valence-corrected chi connectivity index (χ3v) is 4.29. The molecule has 0 saturated carbocycles. The number of nitrogens with one attached hydrogen (secondary N) is 2. The molecule has 5 nitrogen and oxygen atoms in total. The van der Waals surface area contributed by atoms with Gasteiger partial charge in [0, 0.05) is 16.6 Å². The van der Waals surface area contributed by atoms with Crippen LogP contribution in [0.25, 0.3) is 0 Å². The molecular weight excluding hydrogens is 354 g/mol. The van der Waals surface area contributed by atoms with Gasteiger partial charge in [0.1, 0.15) is 5.25 Å². The zero-order valence-corrected chi connectivity index (χ0v) is 13.5. The van der Waals surface area contributed by atoms with Crippen molar-refractivity contribution in [3.63, 3.8) is 0 Å². The summed E-state index contributed by atoms with van der Waals surface area (Å²) in [6, 6.07) is 7.26. The maximum absolute atomic E-state index is 11.9. The van der Waals surface area contributed by atoms with E-state index in [1.54, 1.807) is 18.2 Å². The molecule has 2 N–H and O–H groups in total. The van der Waals surface area contributed by atoms with Gasteiger partial charge in [0.15, 0.2) is 5.17 Å². The molecule has 21 heavy (non-hydrogen) atoms. The molecular formula is C14H14BrN3O2S. The average Bonchev–Trinajstić information content (AvgIpc) is 2.79. The van der Waals surface area contributed by atoms with Crippen LogP contribution in [-0.2, 0) is 9.59 Å². The number of hydrogen-bond donors (Lipinski definition) is 2. The van der Waals surface area contributed by atoms with Crippen molar-refractivity contribution < 1.29 is 9.59 Å². The third-order valence-electron chi connectivity index (χ3n) is 2.64. The van der Waals surface area contributed by atoms with Crippen LogP contribution in [-0.4, -0.2) is 28.8 Å². The molecule has 1 saturated heterocycles. The highest BCUT2D eigenvalue weighted by molar-refractivity contribution is 9.10. The second-order valence-corrected chi connectivity index (χ2v) is 6.40. The number of nitrogens with zero attached hydrogens (tertiary/aromatic N) is 1. The van der Waals surface area contributed by atoms with Crippen LogP contribution in [0.3, 0.4) is 0 Å². The molecule has 1 aromatic rings. The highest BCUT2D eigenvalue weighted by Gasteiger charge is 2.31. The monoisotopic (exact) mass is 367 g/mol. The summed E-state index contributed by atoms with van der Waals surface area (Å²) in [7, 11) is 0. The molecule has 1 atom stereocenters. The van der Waals surface area contributed by atoms with E-state index in [1.807, 2.05) is 12.1 Å². The Hall–Kier alpha value is -1.60. The lowest BCUT2D eigenvalue weighted by Crippen LogP contribution is -2.28. The zero-order valence-electron chi connectivity index (χ0n) is 11.1. The summed E-state index contributed by atoms with van der Waals surface area (Å²) >= 11 is 4.60. The number of amidine groups is 1. The number of amides is 2. The fourth-order valence-electron chi connectivity index (χ4n) is 1.68. The molecule has 0 spiro atoms. The number of carbonyl (C=O) groups is 2. The predicted octanol–water partition coefficient (Wildman–Crippen LogP) is 2.55. The third kappa shape index (κ3) is 4.71. The summed E-state index contributed by atoms with van der Waals surface area (Å²) in [6.45, 7) is 4.01. The van der Waals surface area contributed by atoms with E-state index in [9.17, 15) is 9.59 Å². The van der Waals surface area contributed by atoms with Crippen LogP contribution in [0.2, 0.25) is 0 Å². The van der Waals surface area contributed by atoms with Crippen molar-refractivity contribution in [3.8, 4) is 0 Å². The van der Waals surface area contributed by atoms with E-state index in [0.29, 0.717) is 17.4 Å². The number of thioether (sulfide) groups is 1. The van der Waals surface area contributed by atoms with Gasteiger partial charge >= 0.3 is 0 Å². The number of hydrogen-bond acceptors (Lipinski definition) is 4. The van der Waals surface area contributed by atoms with Crippen LogP contribution in [0.15, 0.2) is 46.4 Å². The second-order valence-electron chi connectivity index (χ2n) is 4.29. The van der Waals surface area contributed by atoms with Gasteiger partial charge in [-0.25, -0.2) is 0 Å². The van der Waals surface area contributed by atoms with Crippen molar-refractivity contribution in [2.24, 2.45) is 4.99 Å². The molecule has 2 rings (SSSR count). The second kappa shape index (κ2) is 7.42. The van der Waals surface area contributed by atoms with Crippen LogP contribution < -0.4 is 10.6 Å². The fraction of sp³-hybridized carbons (Fsp3) is 0.214. The Bertz CT molecular complexity index is 586. The van der Waals surface area contributed by atoms with Crippen molar-refractivity contribution >= 4 is 50.4 Å². The Balaban J connectivity index is 1.89. The molecule has 7 heteroatoms. The Morgan fingerprint density at radius 2 is 2.19 bits per heavy atom. The summed E-state index contributed by atoms with van der Waals surface area (Å²) in [6.07, 6.45) is 1.76. The van der Waals surface area contributed by atoms with Crippen molar-refractivity contribution in [3.05, 3.63) is 41.4 Å². The van der Waals surface area contributed by atoms with Crippen LogP contribution in [0.1, 0.15) is 6.42 Å². The molecule has 2 amide bonds. The molecule has 0 aromatic heterocycles. The minimum atomic E-state index is -0.441. The maximum atomic E-state index is 11.9. The van der Waals surface area contributed by atoms with E-state index in [-0.39, 0.29) is 18.2 Å². The molecule has 0 radical (unpaired) electrons. The van der Waals surface area contributed by atoms with E-state index in [0.717, 1.165) is 4.47 Å². The van der Waals surface area contributed by atoms with E-state index >= 15 is 0 Å². The Labute approximate surface area is 135 Å². The van der Waals surface area contributed by atoms with E-state index < -0.39 is 5.25 Å². The van der Waals surface area contributed by atoms with Crippen molar-refractivity contribution in [2.75, 3.05) is 11.9 Å². The van der Waals surface area contributed by atoms with Gasteiger partial charge in [-0.3, -0.25) is 14.6 Å². The van der Waals surface area contributed by atoms with Crippen molar-refractivity contribution in [2.45, 2.75) is 11.7 Å². The first-order chi connectivity index (χ1) is 10.1. The predicted molar refractivity (Wildman–Crippen MR) is 89.4 cm³/mol. The van der Waals surface area contributed by atoms with Crippen LogP contribution in [0, 0.1) is 0 Å². The molecule has 1 aliphatic heterocycles. The molecule has 1 aliphatic rings. The maximum Gasteiger partial charge on any atom is 0.240 e. The molecule has 1 fully saturated rings. The zero-order chi connectivity index (χ0) is 15.2. The number of halogens is 1. The summed E-state index contributed by atoms with van der Waals surface area (Å²) in [4.78, 5) is 27.8. The highest BCUT2D eigenvalue weighted by Crippen LogP contribution is 2.23. The van der Waals surface area contributed by atoms with Gasteiger partial charge in [-0.15, -0.1) is 6.58 Å². The average molecular weight is 368 g/mol. The van der Waals surface area contributed by atoms with Gasteiger partial charge in [0.25, 0.3) is 0 Å². The Kier molecular flexibility index (Phi) is 5.58. The summed E-state index contributed by atoms with van der Waals surface area (Å²) in [5.41, 5.74) is 0.701. The molecule has 0 aliphatic carbocycles. The van der Waals surface area contributed by atoms with Crippen LogP contribution in [0.4, 0.5) is 5.69 Å². The number of anilines is 1. The summed E-state index contributed by atoms with van der Waals surface area (Å²) in [5.74, 6) is -0.385. The van der Waals surface area contributed by atoms with Gasteiger partial charge in [0.05, 0.1) is 6.54 Å². The SMILES string of the molecule is C=CCN=C1NC(=O)[C@@H](CC(=O)Nc2ccc(Br)cc2)S1. The van der Waals surface area contributed by atoms with Crippen molar-refractivity contribution in [1.82, 2.24) is 5.32 Å². The van der Waals surface area contributed by atoms with E-state index in [2.05, 4.69) is 38.1 Å². The first-order valence-corrected chi connectivity index (χ1v) is 7.94. The van der Waals surface area contributed by atoms with E-state index in [4.69, 9.17) is 0 Å². The largest absolute Gasteiger partial charge is 0.326 e. The minimum absolute atomic E-state index is 0.111. The Morgan fingerprint density at radius 3 is 2.86 bits per heavy atom. The van der Waals surface area contributed by atoms with Gasteiger partial charge < -0.3 is 10.6 Å². The van der Waals surface area contributed by atoms with Gasteiger partial charge in [-0.2, -0.15) is 0 Å². The number of benzene rings is 1. The molecule has 110 valence electrons. The first-order valence-electron chi connectivity index (χ1n) is 6.27. The topological polar surface area (TPSA) is 70.6 Å². The number of rotatable bonds is 5. The lowest BCUT2D eigenvalue weighted by molar-refractivity contribution is -0.122. The van der Waals surface area contributed by atoms with Crippen LogP contribution in [0.5, 0.6) is 0 Å². The highest BCUT2D eigenvalue weighted by atomic mass is 79.9. The normalized spacial score (nSPS) is 19.4. The first kappa shape index (κ1) is 15.8. The molecule has 0 bridgehead atoms. The standard InChI is InChI=1S/C14H14BrN3O2S/c1-2-7-16-14-18-13(20)11(21-14)8-12(19)17-10-5-3-9(15)4-6-10/h2-6,11H,1,7-8H2,(H,17,19)(H,16,18,20)/t11-/m1/s1. The fourth-order valence-corrected chi connectivity index (χ4v) is 2.92. The lowest BCUT2D eigenvalue weighted by Gasteiger charge is -2.07. The number of aliphatic imine (C=N–C) groups is 1. The van der Waals surface area contributed by atoms with Crippen molar-refractivity contribution in [1.29, 1.82) is 0 Å². The van der Waals surface area contributed by atoms with Gasteiger partial charge in [-0.05, 0) is 24.3 Å².